The zero-order chi connectivity index (χ0) is 34.6. The van der Waals surface area contributed by atoms with Gasteiger partial charge >= 0.3 is 12.0 Å². The van der Waals surface area contributed by atoms with Gasteiger partial charge in [-0.2, -0.15) is 13.2 Å². The summed E-state index contributed by atoms with van der Waals surface area (Å²) < 4.78 is 47.6. The minimum Gasteiger partial charge on any atom is -0.542 e. The molecule has 0 unspecified atom stereocenters. The highest BCUT2D eigenvalue weighted by molar-refractivity contribution is 6.34. The number of benzene rings is 1. The molecule has 0 atom stereocenters. The van der Waals surface area contributed by atoms with Gasteiger partial charge in [-0.3, -0.25) is 9.59 Å². The van der Waals surface area contributed by atoms with Crippen LogP contribution in [0.25, 0.3) is 11.6 Å². The number of fused-ring (bicyclic) bond motifs is 1. The van der Waals surface area contributed by atoms with Crippen LogP contribution in [0.15, 0.2) is 24.5 Å². The highest BCUT2D eigenvalue weighted by atomic mass is 19.4. The van der Waals surface area contributed by atoms with E-state index in [4.69, 9.17) is 9.90 Å². The highest BCUT2D eigenvalue weighted by Gasteiger charge is 2.32. The predicted molar refractivity (Wildman–Crippen MR) is 156 cm³/mol. The third kappa shape index (κ3) is 7.77. The van der Waals surface area contributed by atoms with Crippen molar-refractivity contribution < 1.29 is 46.5 Å². The number of hydrogen-bond donors (Lipinski definition) is 3. The molecule has 1 aliphatic heterocycles. The van der Waals surface area contributed by atoms with Gasteiger partial charge in [0, 0.05) is 29.7 Å². The van der Waals surface area contributed by atoms with Crippen molar-refractivity contribution in [1.29, 1.82) is 0 Å². The molecule has 248 valence electrons. The van der Waals surface area contributed by atoms with Crippen molar-refractivity contribution in [1.82, 2.24) is 19.9 Å². The number of H-pyrrole nitrogens is 1. The summed E-state index contributed by atoms with van der Waals surface area (Å²) in [5.41, 5.74) is 4.26. The van der Waals surface area contributed by atoms with Crippen LogP contribution in [-0.4, -0.2) is 74.1 Å². The Bertz CT molecular complexity index is 1690. The first-order valence-electron chi connectivity index (χ1n) is 14.0. The van der Waals surface area contributed by atoms with E-state index in [1.165, 1.54) is 24.5 Å². The number of likely N-dealkylation sites (N-methyl/N-ethyl adjacent to an activating group) is 1. The van der Waals surface area contributed by atoms with E-state index in [0.29, 0.717) is 69.1 Å². The van der Waals surface area contributed by atoms with Gasteiger partial charge in [0.15, 0.2) is 5.69 Å². The van der Waals surface area contributed by atoms with Crippen LogP contribution in [0.4, 0.5) is 29.1 Å². The molecule has 0 saturated carbocycles. The van der Waals surface area contributed by atoms with Crippen LogP contribution in [0.2, 0.25) is 0 Å². The van der Waals surface area contributed by atoms with E-state index in [9.17, 15) is 37.3 Å². The second kappa shape index (κ2) is 13.9. The number of halogens is 4. The Labute approximate surface area is 260 Å². The number of nitro groups is 1. The monoisotopic (exact) mass is 651 g/mol. The Morgan fingerprint density at radius 3 is 2.39 bits per heavy atom. The summed E-state index contributed by atoms with van der Waals surface area (Å²) in [5.74, 6) is -4.19. The number of alkyl halides is 3. The Hall–Kier alpha value is -5.06. The van der Waals surface area contributed by atoms with Gasteiger partial charge in [0.05, 0.1) is 37.3 Å². The SMILES string of the molecule is CC[N+](CC)(CCNC(=O)c1c(C)[nH]c(/C=C2\C(=O)Nc3ccc(F)cc32)c1C)Cc1c([N+](=O)[O-])ncn1C.O=C([O-])C(F)(F)F. The Kier molecular flexibility index (Phi) is 10.7. The van der Waals surface area contributed by atoms with Gasteiger partial charge in [-0.25, -0.2) is 4.39 Å². The minimum absolute atomic E-state index is 0.146. The Morgan fingerprint density at radius 2 is 1.83 bits per heavy atom. The Balaban J connectivity index is 0.000000738. The van der Waals surface area contributed by atoms with Crippen molar-refractivity contribution in [3.05, 3.63) is 74.2 Å². The minimum atomic E-state index is -5.19. The van der Waals surface area contributed by atoms with Crippen molar-refractivity contribution >= 4 is 40.9 Å². The first kappa shape index (κ1) is 35.4. The first-order chi connectivity index (χ1) is 21.4. The van der Waals surface area contributed by atoms with Gasteiger partial charge in [0.25, 0.3) is 11.8 Å². The average Bonchev–Trinajstić information content (AvgIpc) is 3.59. The number of carboxylic acids is 1. The number of nitrogens with one attached hydrogen (secondary N) is 3. The molecule has 1 aliphatic rings. The average molecular weight is 652 g/mol. The van der Waals surface area contributed by atoms with Gasteiger partial charge in [0.1, 0.15) is 18.3 Å². The van der Waals surface area contributed by atoms with Crippen molar-refractivity contribution in [2.75, 3.05) is 31.5 Å². The second-order valence-corrected chi connectivity index (χ2v) is 10.6. The first-order valence-corrected chi connectivity index (χ1v) is 14.0. The van der Waals surface area contributed by atoms with Gasteiger partial charge in [-0.1, -0.05) is 0 Å². The second-order valence-electron chi connectivity index (χ2n) is 10.6. The molecule has 13 nitrogen and oxygen atoms in total. The number of carbonyl (C=O) groups excluding carboxylic acids is 3. The normalized spacial score (nSPS) is 13.6. The summed E-state index contributed by atoms with van der Waals surface area (Å²) in [6.07, 6.45) is -2.11. The van der Waals surface area contributed by atoms with Crippen LogP contribution in [-0.2, 0) is 23.2 Å². The third-order valence-electron chi connectivity index (χ3n) is 7.90. The van der Waals surface area contributed by atoms with E-state index in [1.807, 2.05) is 13.8 Å². The van der Waals surface area contributed by atoms with Gasteiger partial charge < -0.3 is 44.7 Å². The lowest BCUT2D eigenvalue weighted by Gasteiger charge is -2.36. The number of aromatic amines is 1. The molecule has 0 bridgehead atoms. The summed E-state index contributed by atoms with van der Waals surface area (Å²) in [6, 6.07) is 4.12. The summed E-state index contributed by atoms with van der Waals surface area (Å²) in [7, 11) is 1.74. The van der Waals surface area contributed by atoms with Crippen LogP contribution >= 0.6 is 0 Å². The van der Waals surface area contributed by atoms with E-state index in [0.717, 1.165) is 13.1 Å². The number of anilines is 1. The third-order valence-corrected chi connectivity index (χ3v) is 7.90. The number of rotatable bonds is 10. The number of aryl methyl sites for hydroxylation is 2. The molecule has 0 radical (unpaired) electrons. The molecule has 3 aromatic rings. The smallest absolute Gasteiger partial charge is 0.430 e. The molecule has 17 heteroatoms. The van der Waals surface area contributed by atoms with Crippen LogP contribution in [0.5, 0.6) is 0 Å². The molecule has 0 spiro atoms. The lowest BCUT2D eigenvalue weighted by Crippen LogP contribution is -2.51. The molecule has 3 N–H and O–H groups in total. The largest absolute Gasteiger partial charge is 0.542 e. The summed E-state index contributed by atoms with van der Waals surface area (Å²) in [6.45, 7) is 10.4. The fraction of sp³-hybridized carbons (Fsp3) is 0.379. The molecule has 0 aliphatic carbocycles. The number of amides is 2. The molecule has 0 fully saturated rings. The van der Waals surface area contributed by atoms with Crippen LogP contribution in [0, 0.1) is 29.8 Å². The van der Waals surface area contributed by atoms with Gasteiger partial charge in [-0.15, -0.1) is 0 Å². The molecular formula is C29H33F4N7O6. The van der Waals surface area contributed by atoms with Crippen LogP contribution in [0.1, 0.15) is 52.4 Å². The lowest BCUT2D eigenvalue weighted by atomic mass is 10.0. The standard InChI is InChI=1S/C27H32FN7O4.C2HF3O2/c1-6-35(7-2,14-23-25(34(38)39)30-15-33(23)5)11-10-29-27(37)24-16(3)22(31-17(24)4)13-20-19-12-18(28)8-9-21(19)32-26(20)36;3-2(4,5)1(6)7/h8-9,12-13,15H,6-7,10-11,14H2,1-5H3,(H2-,29,31,32,36,37);(H,6,7). The van der Waals surface area contributed by atoms with E-state index < -0.39 is 22.9 Å². The maximum absolute atomic E-state index is 13.8. The molecule has 3 heterocycles. The zero-order valence-electron chi connectivity index (χ0n) is 25.7. The molecule has 46 heavy (non-hydrogen) atoms. The van der Waals surface area contributed by atoms with Crippen LogP contribution in [0.3, 0.4) is 0 Å². The van der Waals surface area contributed by atoms with Crippen molar-refractivity contribution in [2.45, 2.75) is 40.4 Å². The van der Waals surface area contributed by atoms with Crippen LogP contribution < -0.4 is 15.7 Å². The maximum Gasteiger partial charge on any atom is 0.430 e. The van der Waals surface area contributed by atoms with Crippen molar-refractivity contribution in [3.63, 3.8) is 0 Å². The van der Waals surface area contributed by atoms with Crippen molar-refractivity contribution in [2.24, 2.45) is 7.05 Å². The summed E-state index contributed by atoms with van der Waals surface area (Å²) in [5, 5.41) is 26.0. The molecule has 0 saturated heterocycles. The summed E-state index contributed by atoms with van der Waals surface area (Å²) >= 11 is 0. The number of quaternary nitrogens is 1. The maximum atomic E-state index is 13.8. The molecule has 2 aromatic heterocycles. The molecule has 2 amide bonds. The number of carboxylic acid groups (broad SMARTS) is 1. The lowest BCUT2D eigenvalue weighted by molar-refractivity contribution is -0.937. The van der Waals surface area contributed by atoms with E-state index >= 15 is 0 Å². The number of aromatic nitrogens is 3. The van der Waals surface area contributed by atoms with E-state index in [-0.39, 0.29) is 17.6 Å². The number of carbonyl (C=O) groups is 3. The molecular weight excluding hydrogens is 618 g/mol. The molecule has 1 aromatic carbocycles. The Morgan fingerprint density at radius 1 is 1.20 bits per heavy atom. The fourth-order valence-corrected chi connectivity index (χ4v) is 5.14. The predicted octanol–water partition coefficient (Wildman–Crippen LogP) is 2.99. The highest BCUT2D eigenvalue weighted by Crippen LogP contribution is 2.34. The zero-order valence-corrected chi connectivity index (χ0v) is 25.7. The van der Waals surface area contributed by atoms with E-state index in [1.54, 1.807) is 31.5 Å². The van der Waals surface area contributed by atoms with E-state index in [2.05, 4.69) is 20.6 Å². The summed E-state index contributed by atoms with van der Waals surface area (Å²) in [4.78, 5) is 52.6. The van der Waals surface area contributed by atoms with Gasteiger partial charge in [-0.05, 0) is 67.4 Å². The number of imidazole rings is 1. The van der Waals surface area contributed by atoms with Crippen molar-refractivity contribution in [3.8, 4) is 0 Å². The number of hydrogen-bond acceptors (Lipinski definition) is 7. The molecule has 4 rings (SSSR count). The quantitative estimate of drug-likeness (QED) is 0.0993. The number of aliphatic carboxylic acids is 1. The fourth-order valence-electron chi connectivity index (χ4n) is 5.14. The number of nitrogens with zero attached hydrogens (tertiary/aromatic N) is 4. The van der Waals surface area contributed by atoms with Gasteiger partial charge in [0.2, 0.25) is 6.33 Å². The topological polar surface area (TPSA) is 175 Å².